The van der Waals surface area contributed by atoms with Gasteiger partial charge in [0.25, 0.3) is 5.91 Å². The molecule has 2 aromatic rings. The van der Waals surface area contributed by atoms with Crippen LogP contribution in [-0.4, -0.2) is 48.2 Å². The Balaban J connectivity index is 1.71. The molecule has 1 N–H and O–H groups in total. The fourth-order valence-electron chi connectivity index (χ4n) is 3.49. The second-order valence-corrected chi connectivity index (χ2v) is 6.95. The van der Waals surface area contributed by atoms with Gasteiger partial charge in [-0.1, -0.05) is 17.7 Å². The number of methoxy groups -OCH3 is 1. The first-order valence-electron chi connectivity index (χ1n) is 8.91. The number of carbonyl (C=O) groups is 1. The highest BCUT2D eigenvalue weighted by Gasteiger charge is 2.33. The van der Waals surface area contributed by atoms with Crippen LogP contribution in [-0.2, 0) is 4.74 Å². The summed E-state index contributed by atoms with van der Waals surface area (Å²) in [5.74, 6) is 0.838. The molecule has 26 heavy (non-hydrogen) atoms. The molecule has 0 aliphatic carbocycles. The third-order valence-electron chi connectivity index (χ3n) is 4.92. The number of nitrogens with one attached hydrogen (secondary N) is 1. The molecule has 1 aromatic carbocycles. The summed E-state index contributed by atoms with van der Waals surface area (Å²) in [5.41, 5.74) is 3.80. The Kier molecular flexibility index (Phi) is 5.52. The van der Waals surface area contributed by atoms with E-state index in [-0.39, 0.29) is 18.1 Å². The van der Waals surface area contributed by atoms with E-state index in [9.17, 15) is 4.79 Å². The highest BCUT2D eigenvalue weighted by atomic mass is 16.5. The van der Waals surface area contributed by atoms with Gasteiger partial charge in [-0.05, 0) is 38.8 Å². The standard InChI is InChI=1S/C20H26N4O2/c1-13-5-6-18(14(2)7-13)20(25)21-10-16-9-17(26-4)11-24(16)19-8-15(3)22-12-23-19/h5-8,12,16-17H,9-11H2,1-4H3,(H,21,25)/t16-,17-/m0/s1. The average Bonchev–Trinajstić information content (AvgIpc) is 3.03. The van der Waals surface area contributed by atoms with Gasteiger partial charge >= 0.3 is 0 Å². The number of nitrogens with zero attached hydrogens (tertiary/aromatic N) is 3. The van der Waals surface area contributed by atoms with Crippen LogP contribution in [0.3, 0.4) is 0 Å². The molecular formula is C20H26N4O2. The van der Waals surface area contributed by atoms with Crippen LogP contribution in [0.5, 0.6) is 0 Å². The fraction of sp³-hybridized carbons (Fsp3) is 0.450. The number of ether oxygens (including phenoxy) is 1. The zero-order valence-electron chi connectivity index (χ0n) is 15.8. The van der Waals surface area contributed by atoms with E-state index in [1.165, 1.54) is 0 Å². The second-order valence-electron chi connectivity index (χ2n) is 6.95. The smallest absolute Gasteiger partial charge is 0.251 e. The van der Waals surface area contributed by atoms with Crippen LogP contribution in [0.15, 0.2) is 30.6 Å². The molecule has 138 valence electrons. The zero-order valence-corrected chi connectivity index (χ0v) is 15.8. The molecule has 1 aliphatic rings. The summed E-state index contributed by atoms with van der Waals surface area (Å²) in [5, 5.41) is 3.08. The van der Waals surface area contributed by atoms with Crippen molar-refractivity contribution in [2.75, 3.05) is 25.1 Å². The van der Waals surface area contributed by atoms with Crippen LogP contribution in [0.25, 0.3) is 0 Å². The average molecular weight is 354 g/mol. The highest BCUT2D eigenvalue weighted by Crippen LogP contribution is 2.25. The van der Waals surface area contributed by atoms with Gasteiger partial charge in [-0.15, -0.1) is 0 Å². The van der Waals surface area contributed by atoms with Crippen LogP contribution in [0.1, 0.15) is 33.6 Å². The van der Waals surface area contributed by atoms with E-state index in [0.29, 0.717) is 6.54 Å². The van der Waals surface area contributed by atoms with Gasteiger partial charge in [-0.3, -0.25) is 4.79 Å². The van der Waals surface area contributed by atoms with Gasteiger partial charge in [0.2, 0.25) is 0 Å². The Bertz CT molecular complexity index is 793. The predicted molar refractivity (Wildman–Crippen MR) is 102 cm³/mol. The van der Waals surface area contributed by atoms with E-state index in [4.69, 9.17) is 4.74 Å². The number of anilines is 1. The quantitative estimate of drug-likeness (QED) is 0.893. The minimum atomic E-state index is -0.0396. The summed E-state index contributed by atoms with van der Waals surface area (Å²) in [6.45, 7) is 7.26. The summed E-state index contributed by atoms with van der Waals surface area (Å²) < 4.78 is 5.55. The first-order valence-corrected chi connectivity index (χ1v) is 8.91. The molecule has 0 radical (unpaired) electrons. The highest BCUT2D eigenvalue weighted by molar-refractivity contribution is 5.95. The lowest BCUT2D eigenvalue weighted by Crippen LogP contribution is -2.40. The van der Waals surface area contributed by atoms with Gasteiger partial charge in [0.05, 0.1) is 12.1 Å². The van der Waals surface area contributed by atoms with Crippen LogP contribution < -0.4 is 10.2 Å². The van der Waals surface area contributed by atoms with Crippen LogP contribution in [0.2, 0.25) is 0 Å². The van der Waals surface area contributed by atoms with Gasteiger partial charge in [-0.25, -0.2) is 9.97 Å². The van der Waals surface area contributed by atoms with Gasteiger partial charge < -0.3 is 15.0 Å². The van der Waals surface area contributed by atoms with Gasteiger partial charge in [0.1, 0.15) is 12.1 Å². The summed E-state index contributed by atoms with van der Waals surface area (Å²) in [4.78, 5) is 23.4. The molecule has 2 atom stereocenters. The molecule has 6 nitrogen and oxygen atoms in total. The summed E-state index contributed by atoms with van der Waals surface area (Å²) in [7, 11) is 1.73. The van der Waals surface area contributed by atoms with E-state index in [0.717, 1.165) is 41.2 Å². The molecule has 1 aliphatic heterocycles. The first kappa shape index (κ1) is 18.3. The molecule has 0 bridgehead atoms. The number of amides is 1. The van der Waals surface area contributed by atoms with Crippen LogP contribution in [0, 0.1) is 20.8 Å². The minimum absolute atomic E-state index is 0.0396. The van der Waals surface area contributed by atoms with Gasteiger partial charge in [0, 0.05) is 37.5 Å². The third kappa shape index (κ3) is 4.02. The minimum Gasteiger partial charge on any atom is -0.380 e. The van der Waals surface area contributed by atoms with Crippen LogP contribution in [0.4, 0.5) is 5.82 Å². The Morgan fingerprint density at radius 2 is 2.08 bits per heavy atom. The number of carbonyl (C=O) groups excluding carboxylic acids is 1. The molecule has 1 aromatic heterocycles. The molecule has 6 heteroatoms. The molecule has 0 saturated carbocycles. The van der Waals surface area contributed by atoms with E-state index in [1.54, 1.807) is 13.4 Å². The topological polar surface area (TPSA) is 67.3 Å². The van der Waals surface area contributed by atoms with Gasteiger partial charge in [0.15, 0.2) is 0 Å². The summed E-state index contributed by atoms with van der Waals surface area (Å²) >= 11 is 0. The number of hydrogen-bond donors (Lipinski definition) is 1. The second kappa shape index (κ2) is 7.83. The summed E-state index contributed by atoms with van der Waals surface area (Å²) in [6.07, 6.45) is 2.57. The Hall–Kier alpha value is -2.47. The Labute approximate surface area is 154 Å². The van der Waals surface area contributed by atoms with Gasteiger partial charge in [-0.2, -0.15) is 0 Å². The Morgan fingerprint density at radius 1 is 1.27 bits per heavy atom. The van der Waals surface area contributed by atoms with Crippen molar-refractivity contribution >= 4 is 11.7 Å². The number of hydrogen-bond acceptors (Lipinski definition) is 5. The molecule has 3 rings (SSSR count). The lowest BCUT2D eigenvalue weighted by Gasteiger charge is -2.25. The number of aromatic nitrogens is 2. The molecular weight excluding hydrogens is 328 g/mol. The SMILES string of the molecule is CO[C@H]1C[C@@H](CNC(=O)c2ccc(C)cc2C)N(c2cc(C)ncn2)C1. The third-order valence-corrected chi connectivity index (χ3v) is 4.92. The van der Waals surface area contributed by atoms with E-state index in [1.807, 2.05) is 45.0 Å². The monoisotopic (exact) mass is 354 g/mol. The molecule has 1 amide bonds. The molecule has 0 spiro atoms. The van der Waals surface area contributed by atoms with Crippen molar-refractivity contribution in [1.29, 1.82) is 0 Å². The lowest BCUT2D eigenvalue weighted by atomic mass is 10.1. The van der Waals surface area contributed by atoms with Crippen molar-refractivity contribution in [3.05, 3.63) is 53.0 Å². The molecule has 2 heterocycles. The fourth-order valence-corrected chi connectivity index (χ4v) is 3.49. The van der Waals surface area contributed by atoms with Crippen LogP contribution >= 0.6 is 0 Å². The number of aryl methyl sites for hydroxylation is 3. The molecule has 0 unspecified atom stereocenters. The first-order chi connectivity index (χ1) is 12.5. The number of rotatable bonds is 5. The van der Waals surface area contributed by atoms with Crippen molar-refractivity contribution in [2.24, 2.45) is 0 Å². The van der Waals surface area contributed by atoms with Crippen molar-refractivity contribution < 1.29 is 9.53 Å². The maximum atomic E-state index is 12.6. The largest absolute Gasteiger partial charge is 0.380 e. The number of benzene rings is 1. The lowest BCUT2D eigenvalue weighted by molar-refractivity contribution is 0.0945. The zero-order chi connectivity index (χ0) is 18.7. The Morgan fingerprint density at radius 3 is 2.77 bits per heavy atom. The van der Waals surface area contributed by atoms with Crippen molar-refractivity contribution in [1.82, 2.24) is 15.3 Å². The van der Waals surface area contributed by atoms with Crippen molar-refractivity contribution in [2.45, 2.75) is 39.3 Å². The molecule has 1 saturated heterocycles. The maximum Gasteiger partial charge on any atom is 0.251 e. The van der Waals surface area contributed by atoms with Crippen molar-refractivity contribution in [3.8, 4) is 0 Å². The van der Waals surface area contributed by atoms with E-state index >= 15 is 0 Å². The molecule has 1 fully saturated rings. The normalized spacial score (nSPS) is 19.6. The summed E-state index contributed by atoms with van der Waals surface area (Å²) in [6, 6.07) is 7.99. The van der Waals surface area contributed by atoms with Crippen molar-refractivity contribution in [3.63, 3.8) is 0 Å². The maximum absolute atomic E-state index is 12.6. The van der Waals surface area contributed by atoms with E-state index in [2.05, 4.69) is 20.2 Å². The predicted octanol–water partition coefficient (Wildman–Crippen LogP) is 2.43. The van der Waals surface area contributed by atoms with E-state index < -0.39 is 0 Å².